The Kier molecular flexibility index (Phi) is 4.86. The van der Waals surface area contributed by atoms with E-state index in [1.165, 1.54) is 11.3 Å². The molecule has 2 amide bonds. The molecule has 1 aromatic heterocycles. The van der Waals surface area contributed by atoms with E-state index in [2.05, 4.69) is 10.6 Å². The van der Waals surface area contributed by atoms with Gasteiger partial charge in [0.2, 0.25) is 5.91 Å². The van der Waals surface area contributed by atoms with E-state index in [1.54, 1.807) is 0 Å². The number of rotatable bonds is 5. The van der Waals surface area contributed by atoms with Crippen LogP contribution >= 0.6 is 11.3 Å². The number of aliphatic carboxylic acids is 1. The summed E-state index contributed by atoms with van der Waals surface area (Å²) in [4.78, 5) is 39.0. The number of carbonyl (C=O) groups excluding carboxylic acids is 2. The van der Waals surface area contributed by atoms with Crippen molar-refractivity contribution in [2.24, 2.45) is 11.8 Å². The van der Waals surface area contributed by atoms with Crippen LogP contribution in [0.3, 0.4) is 0 Å². The Bertz CT molecular complexity index is 859. The molecule has 1 aromatic rings. The predicted octanol–water partition coefficient (Wildman–Crippen LogP) is 2.73. The quantitative estimate of drug-likeness (QED) is 0.682. The van der Waals surface area contributed by atoms with E-state index in [1.807, 2.05) is 0 Å². The Morgan fingerprint density at radius 2 is 1.69 bits per heavy atom. The van der Waals surface area contributed by atoms with E-state index >= 15 is 0 Å². The number of hydrogen-bond donors (Lipinski definition) is 3. The Labute approximate surface area is 173 Å². The van der Waals surface area contributed by atoms with Crippen molar-refractivity contribution < 1.29 is 24.2 Å². The summed E-state index contributed by atoms with van der Waals surface area (Å²) in [7, 11) is 0. The zero-order chi connectivity index (χ0) is 20.1. The fraction of sp³-hybridized carbons (Fsp3) is 0.667. The van der Waals surface area contributed by atoms with Crippen molar-refractivity contribution in [2.45, 2.75) is 76.0 Å². The van der Waals surface area contributed by atoms with Gasteiger partial charge in [0.05, 0.1) is 29.6 Å². The maximum absolute atomic E-state index is 13.1. The van der Waals surface area contributed by atoms with Crippen LogP contribution in [0.1, 0.15) is 65.7 Å². The molecule has 2 bridgehead atoms. The van der Waals surface area contributed by atoms with Gasteiger partial charge in [-0.3, -0.25) is 14.4 Å². The van der Waals surface area contributed by atoms with Crippen LogP contribution in [-0.4, -0.2) is 41.1 Å². The Morgan fingerprint density at radius 3 is 2.41 bits per heavy atom. The molecule has 0 aromatic carbocycles. The standard InChI is InChI=1S/C21H26N2O5S/c24-18(22-10-4-1-2-5-10)15-11-6-3-7-14(11)29-20(15)23-19(25)16-12-8-9-13(28-12)17(16)21(26)27/h10,12-13,16-17H,1-9H2,(H,22,24)(H,23,25)(H,26,27)/t12-,13-,16-,17-/m1/s1. The van der Waals surface area contributed by atoms with Crippen molar-refractivity contribution in [3.8, 4) is 0 Å². The number of nitrogens with one attached hydrogen (secondary N) is 2. The Balaban J connectivity index is 1.39. The van der Waals surface area contributed by atoms with Gasteiger partial charge in [-0.25, -0.2) is 0 Å². The maximum Gasteiger partial charge on any atom is 0.310 e. The number of amides is 2. The van der Waals surface area contributed by atoms with Crippen molar-refractivity contribution in [1.29, 1.82) is 0 Å². The Hall–Kier alpha value is -1.93. The zero-order valence-electron chi connectivity index (χ0n) is 16.2. The third-order valence-corrected chi connectivity index (χ3v) is 8.14. The van der Waals surface area contributed by atoms with Gasteiger partial charge in [0, 0.05) is 10.9 Å². The third kappa shape index (κ3) is 3.26. The molecule has 4 atom stereocenters. The number of hydrogen-bond acceptors (Lipinski definition) is 5. The van der Waals surface area contributed by atoms with Gasteiger partial charge in [0.25, 0.3) is 5.91 Å². The number of carbonyl (C=O) groups is 3. The highest BCUT2D eigenvalue weighted by molar-refractivity contribution is 7.17. The van der Waals surface area contributed by atoms with Gasteiger partial charge in [0.15, 0.2) is 0 Å². The van der Waals surface area contributed by atoms with Gasteiger partial charge >= 0.3 is 5.97 Å². The molecule has 0 radical (unpaired) electrons. The van der Waals surface area contributed by atoms with E-state index < -0.39 is 17.8 Å². The molecular formula is C21H26N2O5S. The van der Waals surface area contributed by atoms with Crippen LogP contribution < -0.4 is 10.6 Å². The molecule has 29 heavy (non-hydrogen) atoms. The van der Waals surface area contributed by atoms with Crippen LogP contribution in [0.15, 0.2) is 0 Å². The predicted molar refractivity (Wildman–Crippen MR) is 107 cm³/mol. The highest BCUT2D eigenvalue weighted by Gasteiger charge is 2.55. The summed E-state index contributed by atoms with van der Waals surface area (Å²) in [6, 6.07) is 0.207. The first kappa shape index (κ1) is 19.1. The van der Waals surface area contributed by atoms with E-state index in [0.717, 1.165) is 55.4 Å². The molecule has 1 saturated carbocycles. The lowest BCUT2D eigenvalue weighted by Gasteiger charge is -2.24. The van der Waals surface area contributed by atoms with Crippen molar-refractivity contribution in [3.63, 3.8) is 0 Å². The van der Waals surface area contributed by atoms with Crippen LogP contribution in [0.4, 0.5) is 5.00 Å². The van der Waals surface area contributed by atoms with Crippen LogP contribution in [-0.2, 0) is 27.2 Å². The molecule has 3 heterocycles. The molecule has 5 rings (SSSR count). The molecule has 2 aliphatic heterocycles. The highest BCUT2D eigenvalue weighted by atomic mass is 32.1. The van der Waals surface area contributed by atoms with Crippen LogP contribution in [0.2, 0.25) is 0 Å². The summed E-state index contributed by atoms with van der Waals surface area (Å²) in [5.41, 5.74) is 1.65. The van der Waals surface area contributed by atoms with Crippen LogP contribution in [0.25, 0.3) is 0 Å². The molecule has 4 aliphatic rings. The number of fused-ring (bicyclic) bond motifs is 3. The Morgan fingerprint density at radius 1 is 0.966 bits per heavy atom. The smallest absolute Gasteiger partial charge is 0.310 e. The second-order valence-corrected chi connectivity index (χ2v) is 9.79. The van der Waals surface area contributed by atoms with Gasteiger partial charge in [-0.05, 0) is 50.5 Å². The third-order valence-electron chi connectivity index (χ3n) is 6.94. The minimum atomic E-state index is -0.981. The molecule has 156 valence electrons. The zero-order valence-corrected chi connectivity index (χ0v) is 17.1. The van der Waals surface area contributed by atoms with Crippen molar-refractivity contribution in [1.82, 2.24) is 5.32 Å². The molecule has 2 saturated heterocycles. The second kappa shape index (κ2) is 7.40. The van der Waals surface area contributed by atoms with Crippen LogP contribution in [0.5, 0.6) is 0 Å². The lowest BCUT2D eigenvalue weighted by Crippen LogP contribution is -2.41. The fourth-order valence-electron chi connectivity index (χ4n) is 5.58. The van der Waals surface area contributed by atoms with Gasteiger partial charge in [0.1, 0.15) is 5.00 Å². The minimum Gasteiger partial charge on any atom is -0.481 e. The normalized spacial score (nSPS) is 30.5. The summed E-state index contributed by atoms with van der Waals surface area (Å²) in [5, 5.41) is 16.2. The van der Waals surface area contributed by atoms with Crippen LogP contribution in [0, 0.1) is 11.8 Å². The average molecular weight is 419 g/mol. The first-order chi connectivity index (χ1) is 14.0. The van der Waals surface area contributed by atoms with E-state index in [9.17, 15) is 19.5 Å². The summed E-state index contributed by atoms with van der Waals surface area (Å²) in [6.45, 7) is 0. The SMILES string of the molecule is O=C(NC1CCCC1)c1c(NC(=O)[C@H]2[C@H](C(=O)O)[C@H]3CC[C@H]2O3)sc2c1CCC2. The topological polar surface area (TPSA) is 105 Å². The van der Waals surface area contributed by atoms with Gasteiger partial charge in [-0.1, -0.05) is 12.8 Å². The van der Waals surface area contributed by atoms with Gasteiger partial charge < -0.3 is 20.5 Å². The molecule has 0 spiro atoms. The van der Waals surface area contributed by atoms with E-state index in [-0.39, 0.29) is 30.1 Å². The van der Waals surface area contributed by atoms with Gasteiger partial charge in [-0.2, -0.15) is 0 Å². The van der Waals surface area contributed by atoms with Gasteiger partial charge in [-0.15, -0.1) is 11.3 Å². The lowest BCUT2D eigenvalue weighted by atomic mass is 9.79. The summed E-state index contributed by atoms with van der Waals surface area (Å²) < 4.78 is 5.73. The fourth-order valence-corrected chi connectivity index (χ4v) is 6.87. The minimum absolute atomic E-state index is 0.106. The molecule has 7 nitrogen and oxygen atoms in total. The number of thiophene rings is 1. The average Bonchev–Trinajstić information content (AvgIpc) is 3.46. The number of carboxylic acids is 1. The first-order valence-electron chi connectivity index (χ1n) is 10.7. The molecular weight excluding hydrogens is 392 g/mol. The monoisotopic (exact) mass is 418 g/mol. The summed E-state index contributed by atoms with van der Waals surface area (Å²) in [6.07, 6.45) is 7.75. The van der Waals surface area contributed by atoms with E-state index in [0.29, 0.717) is 23.4 Å². The second-order valence-electron chi connectivity index (χ2n) is 8.69. The number of carboxylic acid groups (broad SMARTS) is 1. The number of anilines is 1. The summed E-state index contributed by atoms with van der Waals surface area (Å²) >= 11 is 1.47. The number of aryl methyl sites for hydroxylation is 1. The highest BCUT2D eigenvalue weighted by Crippen LogP contribution is 2.45. The lowest BCUT2D eigenvalue weighted by molar-refractivity contribution is -0.147. The van der Waals surface area contributed by atoms with E-state index in [4.69, 9.17) is 4.74 Å². The first-order valence-corrected chi connectivity index (χ1v) is 11.5. The number of ether oxygens (including phenoxy) is 1. The maximum atomic E-state index is 13.1. The van der Waals surface area contributed by atoms with Crippen molar-refractivity contribution >= 4 is 34.1 Å². The molecule has 8 heteroatoms. The molecule has 3 fully saturated rings. The largest absolute Gasteiger partial charge is 0.481 e. The summed E-state index contributed by atoms with van der Waals surface area (Å²) in [5.74, 6) is -2.93. The van der Waals surface area contributed by atoms with Crippen molar-refractivity contribution in [3.05, 3.63) is 16.0 Å². The molecule has 2 aliphatic carbocycles. The molecule has 3 N–H and O–H groups in total. The molecule has 0 unspecified atom stereocenters. The van der Waals surface area contributed by atoms with Crippen molar-refractivity contribution in [2.75, 3.05) is 5.32 Å².